The number of fused-ring (bicyclic) bond motifs is 1. The van der Waals surface area contributed by atoms with Gasteiger partial charge < -0.3 is 10.2 Å². The van der Waals surface area contributed by atoms with E-state index < -0.39 is 0 Å². The van der Waals surface area contributed by atoms with Crippen molar-refractivity contribution in [1.29, 1.82) is 0 Å². The van der Waals surface area contributed by atoms with Crippen LogP contribution in [0.3, 0.4) is 0 Å². The molecule has 0 aromatic rings. The average Bonchev–Trinajstić information content (AvgIpc) is 2.61. The first-order valence-corrected chi connectivity index (χ1v) is 7.87. The summed E-state index contributed by atoms with van der Waals surface area (Å²) in [5, 5.41) is 2.89. The number of carbonyl (C=O) groups is 3. The zero-order chi connectivity index (χ0) is 16.1. The monoisotopic (exact) mass is 305 g/mol. The van der Waals surface area contributed by atoms with Crippen molar-refractivity contribution in [3.05, 3.63) is 12.2 Å². The van der Waals surface area contributed by atoms with Gasteiger partial charge in [0.15, 0.2) is 0 Å². The summed E-state index contributed by atoms with van der Waals surface area (Å²) in [5.41, 5.74) is -0.290. The van der Waals surface area contributed by atoms with Crippen molar-refractivity contribution in [2.45, 2.75) is 45.2 Å². The van der Waals surface area contributed by atoms with Crippen molar-refractivity contribution >= 4 is 17.8 Å². The van der Waals surface area contributed by atoms with Crippen LogP contribution >= 0.6 is 0 Å². The standard InChI is InChI=1S/C16H23N3O3/c1-16(2,3)17-15(22)18-8-10(9-18)19-13(20)11-6-4-5-7-12(11)14(19)21/h4-5,10-12H,6-9H2,1-3H3,(H,17,22). The lowest BCUT2D eigenvalue weighted by Crippen LogP contribution is -2.65. The predicted octanol–water partition coefficient (Wildman–Crippen LogP) is 1.13. The van der Waals surface area contributed by atoms with E-state index in [4.69, 9.17) is 0 Å². The van der Waals surface area contributed by atoms with E-state index in [1.807, 2.05) is 32.9 Å². The molecule has 0 aromatic carbocycles. The predicted molar refractivity (Wildman–Crippen MR) is 80.9 cm³/mol. The number of rotatable bonds is 1. The fraction of sp³-hybridized carbons (Fsp3) is 0.688. The Hall–Kier alpha value is -1.85. The highest BCUT2D eigenvalue weighted by Gasteiger charge is 2.52. The van der Waals surface area contributed by atoms with Crippen LogP contribution in [0, 0.1) is 11.8 Å². The van der Waals surface area contributed by atoms with Gasteiger partial charge in [0, 0.05) is 18.6 Å². The van der Waals surface area contributed by atoms with E-state index in [0.717, 1.165) is 0 Å². The summed E-state index contributed by atoms with van der Waals surface area (Å²) in [6, 6.07) is -0.293. The van der Waals surface area contributed by atoms with Gasteiger partial charge >= 0.3 is 6.03 Å². The Morgan fingerprint density at radius 1 is 1.09 bits per heavy atom. The van der Waals surface area contributed by atoms with Gasteiger partial charge in [0.1, 0.15) is 0 Å². The second kappa shape index (κ2) is 5.11. The molecule has 6 heteroatoms. The Bertz CT molecular complexity index is 517. The number of nitrogens with one attached hydrogen (secondary N) is 1. The fourth-order valence-electron chi connectivity index (χ4n) is 3.37. The number of allylic oxidation sites excluding steroid dienone is 2. The Morgan fingerprint density at radius 3 is 2.05 bits per heavy atom. The van der Waals surface area contributed by atoms with Crippen LogP contribution in [0.4, 0.5) is 4.79 Å². The van der Waals surface area contributed by atoms with Crippen LogP contribution < -0.4 is 5.32 Å². The Balaban J connectivity index is 1.60. The third-order valence-corrected chi connectivity index (χ3v) is 4.54. The highest BCUT2D eigenvalue weighted by Crippen LogP contribution is 2.37. The summed E-state index contributed by atoms with van der Waals surface area (Å²) in [6.45, 7) is 6.65. The molecule has 1 N–H and O–H groups in total. The minimum absolute atomic E-state index is 0.0553. The van der Waals surface area contributed by atoms with E-state index in [0.29, 0.717) is 25.9 Å². The number of urea groups is 1. The molecule has 1 aliphatic carbocycles. The molecule has 0 saturated carbocycles. The molecule has 2 heterocycles. The SMILES string of the molecule is CC(C)(C)NC(=O)N1CC(N2C(=O)C3CC=CCC3C2=O)C1. The molecule has 0 radical (unpaired) electrons. The molecule has 6 nitrogen and oxygen atoms in total. The van der Waals surface area contributed by atoms with Crippen molar-refractivity contribution in [3.8, 4) is 0 Å². The van der Waals surface area contributed by atoms with Crippen LogP contribution in [0.25, 0.3) is 0 Å². The second-order valence-electron chi connectivity index (χ2n) is 7.44. The summed E-state index contributed by atoms with van der Waals surface area (Å²) in [6.07, 6.45) is 5.29. The van der Waals surface area contributed by atoms with E-state index >= 15 is 0 Å². The Morgan fingerprint density at radius 2 is 1.59 bits per heavy atom. The molecule has 2 aliphatic heterocycles. The summed E-state index contributed by atoms with van der Waals surface area (Å²) in [5.74, 6) is -0.481. The normalized spacial score (nSPS) is 28.7. The number of nitrogens with zero attached hydrogens (tertiary/aromatic N) is 2. The first-order valence-electron chi connectivity index (χ1n) is 7.87. The molecule has 2 atom stereocenters. The zero-order valence-corrected chi connectivity index (χ0v) is 13.3. The van der Waals surface area contributed by atoms with Gasteiger partial charge in [0.25, 0.3) is 0 Å². The third-order valence-electron chi connectivity index (χ3n) is 4.54. The molecule has 0 spiro atoms. The molecule has 0 aromatic heterocycles. The van der Waals surface area contributed by atoms with Crippen molar-refractivity contribution in [3.63, 3.8) is 0 Å². The summed E-state index contributed by atoms with van der Waals surface area (Å²) in [4.78, 5) is 40.0. The topological polar surface area (TPSA) is 69.7 Å². The molecule has 2 saturated heterocycles. The highest BCUT2D eigenvalue weighted by molar-refractivity contribution is 6.06. The summed E-state index contributed by atoms with van der Waals surface area (Å²) < 4.78 is 0. The molecule has 0 bridgehead atoms. The van der Waals surface area contributed by atoms with Crippen LogP contribution in [0.2, 0.25) is 0 Å². The largest absolute Gasteiger partial charge is 0.333 e. The molecule has 3 aliphatic rings. The lowest BCUT2D eigenvalue weighted by atomic mass is 9.85. The maximum Gasteiger partial charge on any atom is 0.317 e. The van der Waals surface area contributed by atoms with Gasteiger partial charge in [-0.1, -0.05) is 12.2 Å². The lowest BCUT2D eigenvalue weighted by molar-refractivity contribution is -0.145. The fourth-order valence-corrected chi connectivity index (χ4v) is 3.37. The van der Waals surface area contributed by atoms with Gasteiger partial charge in [-0.15, -0.1) is 0 Å². The number of hydrogen-bond acceptors (Lipinski definition) is 3. The van der Waals surface area contributed by atoms with Crippen LogP contribution in [-0.2, 0) is 9.59 Å². The summed E-state index contributed by atoms with van der Waals surface area (Å²) >= 11 is 0. The van der Waals surface area contributed by atoms with E-state index in [9.17, 15) is 14.4 Å². The second-order valence-corrected chi connectivity index (χ2v) is 7.44. The molecule has 4 amide bonds. The maximum absolute atomic E-state index is 12.4. The molecule has 120 valence electrons. The van der Waals surface area contributed by atoms with Crippen LogP contribution in [-0.4, -0.2) is 52.3 Å². The van der Waals surface area contributed by atoms with Crippen molar-refractivity contribution in [2.75, 3.05) is 13.1 Å². The van der Waals surface area contributed by atoms with Gasteiger partial charge in [-0.05, 0) is 33.6 Å². The van der Waals surface area contributed by atoms with Gasteiger partial charge in [-0.25, -0.2) is 4.79 Å². The van der Waals surface area contributed by atoms with Crippen molar-refractivity contribution in [2.24, 2.45) is 11.8 Å². The van der Waals surface area contributed by atoms with Crippen LogP contribution in [0.1, 0.15) is 33.6 Å². The van der Waals surface area contributed by atoms with Gasteiger partial charge in [-0.2, -0.15) is 0 Å². The van der Waals surface area contributed by atoms with Crippen molar-refractivity contribution < 1.29 is 14.4 Å². The quantitative estimate of drug-likeness (QED) is 0.583. The first-order chi connectivity index (χ1) is 10.3. The number of carbonyl (C=O) groups excluding carboxylic acids is 3. The van der Waals surface area contributed by atoms with E-state index in [1.165, 1.54) is 4.90 Å². The van der Waals surface area contributed by atoms with Crippen LogP contribution in [0.5, 0.6) is 0 Å². The molecular formula is C16H23N3O3. The molecule has 22 heavy (non-hydrogen) atoms. The number of likely N-dealkylation sites (tertiary alicyclic amines) is 2. The maximum atomic E-state index is 12.4. The number of hydrogen-bond donors (Lipinski definition) is 1. The third kappa shape index (κ3) is 2.51. The Kier molecular flexibility index (Phi) is 3.50. The molecular weight excluding hydrogens is 282 g/mol. The first kappa shape index (κ1) is 15.1. The molecule has 2 fully saturated rings. The smallest absolute Gasteiger partial charge is 0.317 e. The molecule has 3 rings (SSSR count). The van der Waals surface area contributed by atoms with Gasteiger partial charge in [0.2, 0.25) is 11.8 Å². The number of imide groups is 1. The van der Waals surface area contributed by atoms with Gasteiger partial charge in [-0.3, -0.25) is 14.5 Å². The van der Waals surface area contributed by atoms with E-state index in [1.54, 1.807) is 4.90 Å². The van der Waals surface area contributed by atoms with Crippen LogP contribution in [0.15, 0.2) is 12.2 Å². The average molecular weight is 305 g/mol. The highest BCUT2D eigenvalue weighted by atomic mass is 16.2. The van der Waals surface area contributed by atoms with Gasteiger partial charge in [0.05, 0.1) is 17.9 Å². The van der Waals surface area contributed by atoms with Crippen molar-refractivity contribution in [1.82, 2.24) is 15.1 Å². The summed E-state index contributed by atoms with van der Waals surface area (Å²) in [7, 11) is 0. The minimum Gasteiger partial charge on any atom is -0.333 e. The van der Waals surface area contributed by atoms with E-state index in [2.05, 4.69) is 5.32 Å². The lowest BCUT2D eigenvalue weighted by Gasteiger charge is -2.44. The number of amides is 4. The Labute approximate surface area is 130 Å². The zero-order valence-electron chi connectivity index (χ0n) is 13.3. The van der Waals surface area contributed by atoms with E-state index in [-0.39, 0.29) is 41.3 Å². The molecule has 2 unspecified atom stereocenters. The minimum atomic E-state index is -0.290.